The van der Waals surface area contributed by atoms with Crippen LogP contribution in [-0.2, 0) is 0 Å². The van der Waals surface area contributed by atoms with E-state index in [4.69, 9.17) is 14.0 Å². The fourth-order valence-electron chi connectivity index (χ4n) is 2.44. The van der Waals surface area contributed by atoms with E-state index in [9.17, 15) is 4.79 Å². The Balaban J connectivity index is 1.86. The van der Waals surface area contributed by atoms with Gasteiger partial charge in [-0.3, -0.25) is 4.79 Å². The molecule has 0 aliphatic heterocycles. The van der Waals surface area contributed by atoms with E-state index in [0.717, 1.165) is 11.3 Å². The number of nitrogens with zero attached hydrogens (tertiary/aromatic N) is 2. The summed E-state index contributed by atoms with van der Waals surface area (Å²) in [6.07, 6.45) is 0. The summed E-state index contributed by atoms with van der Waals surface area (Å²) in [4.78, 5) is 14.1. The zero-order chi connectivity index (χ0) is 17.8. The predicted octanol–water partition coefficient (Wildman–Crippen LogP) is 3.64. The first-order valence-corrected chi connectivity index (χ1v) is 7.66. The zero-order valence-corrected chi connectivity index (χ0v) is 14.2. The number of hydrogen-bond acceptors (Lipinski definition) is 5. The van der Waals surface area contributed by atoms with E-state index in [0.29, 0.717) is 17.3 Å². The van der Waals surface area contributed by atoms with Crippen molar-refractivity contribution in [2.75, 3.05) is 26.2 Å². The Kier molecular flexibility index (Phi) is 4.70. The number of methoxy groups -OCH3 is 2. The molecule has 1 amide bonds. The van der Waals surface area contributed by atoms with Gasteiger partial charge >= 0.3 is 0 Å². The van der Waals surface area contributed by atoms with Crippen molar-refractivity contribution in [3.8, 4) is 22.8 Å². The van der Waals surface area contributed by atoms with Crippen molar-refractivity contribution in [1.82, 2.24) is 5.16 Å². The Bertz CT molecular complexity index is 874. The lowest BCUT2D eigenvalue weighted by molar-refractivity contribution is 0.0984. The fraction of sp³-hybridized carbons (Fsp3) is 0.158. The lowest BCUT2D eigenvalue weighted by Gasteiger charge is -2.15. The van der Waals surface area contributed by atoms with Crippen molar-refractivity contribution in [3.63, 3.8) is 0 Å². The molecule has 0 aliphatic carbocycles. The fourth-order valence-corrected chi connectivity index (χ4v) is 2.44. The minimum absolute atomic E-state index is 0.233. The van der Waals surface area contributed by atoms with Crippen molar-refractivity contribution < 1.29 is 18.8 Å². The summed E-state index contributed by atoms with van der Waals surface area (Å²) in [5, 5.41) is 3.90. The number of rotatable bonds is 5. The van der Waals surface area contributed by atoms with E-state index in [1.807, 2.05) is 36.4 Å². The Morgan fingerprint density at radius 1 is 1.00 bits per heavy atom. The zero-order valence-electron chi connectivity index (χ0n) is 14.2. The number of para-hydroxylation sites is 1. The molecule has 0 aliphatic rings. The molecule has 1 aromatic heterocycles. The Labute approximate surface area is 145 Å². The van der Waals surface area contributed by atoms with Gasteiger partial charge in [-0.1, -0.05) is 23.4 Å². The van der Waals surface area contributed by atoms with Crippen LogP contribution in [-0.4, -0.2) is 32.3 Å². The minimum Gasteiger partial charge on any atom is -0.493 e. The van der Waals surface area contributed by atoms with Gasteiger partial charge in [0.25, 0.3) is 5.91 Å². The minimum atomic E-state index is -0.248. The van der Waals surface area contributed by atoms with E-state index < -0.39 is 0 Å². The molecule has 0 bridgehead atoms. The van der Waals surface area contributed by atoms with Gasteiger partial charge in [-0.25, -0.2) is 0 Å². The van der Waals surface area contributed by atoms with Crippen molar-refractivity contribution in [3.05, 3.63) is 60.3 Å². The largest absolute Gasteiger partial charge is 0.493 e. The van der Waals surface area contributed by atoms with Crippen LogP contribution in [0.25, 0.3) is 11.3 Å². The number of amides is 1. The summed E-state index contributed by atoms with van der Waals surface area (Å²) >= 11 is 0. The number of aromatic nitrogens is 1. The molecule has 0 atom stereocenters. The standard InChI is InChI=1S/C19H18N2O4/c1-21(14-7-5-4-6-8-14)19(22)15-12-17(25-20-15)13-9-10-16(23-2)18(11-13)24-3/h4-12H,1-3H3. The second-order valence-corrected chi connectivity index (χ2v) is 5.35. The molecule has 128 valence electrons. The summed E-state index contributed by atoms with van der Waals surface area (Å²) in [5.41, 5.74) is 1.76. The molecule has 0 saturated carbocycles. The predicted molar refractivity (Wildman–Crippen MR) is 94.2 cm³/mol. The Morgan fingerprint density at radius 3 is 2.40 bits per heavy atom. The maximum atomic E-state index is 12.6. The first-order valence-electron chi connectivity index (χ1n) is 7.66. The molecule has 1 heterocycles. The molecule has 0 spiro atoms. The van der Waals surface area contributed by atoms with Crippen LogP contribution in [0.2, 0.25) is 0 Å². The molecule has 0 radical (unpaired) electrons. The molecule has 0 N–H and O–H groups in total. The van der Waals surface area contributed by atoms with Crippen LogP contribution in [0.1, 0.15) is 10.5 Å². The maximum Gasteiger partial charge on any atom is 0.280 e. The average Bonchev–Trinajstić information content (AvgIpc) is 3.17. The number of benzene rings is 2. The number of ether oxygens (including phenoxy) is 2. The second kappa shape index (κ2) is 7.09. The Hall–Kier alpha value is -3.28. The van der Waals surface area contributed by atoms with E-state index in [-0.39, 0.29) is 11.6 Å². The van der Waals surface area contributed by atoms with Crippen LogP contribution >= 0.6 is 0 Å². The van der Waals surface area contributed by atoms with E-state index in [2.05, 4.69) is 5.16 Å². The topological polar surface area (TPSA) is 64.8 Å². The normalized spacial score (nSPS) is 10.4. The highest BCUT2D eigenvalue weighted by Gasteiger charge is 2.19. The van der Waals surface area contributed by atoms with Gasteiger partial charge in [0.05, 0.1) is 14.2 Å². The summed E-state index contributed by atoms with van der Waals surface area (Å²) in [7, 11) is 4.83. The van der Waals surface area contributed by atoms with Gasteiger partial charge in [0, 0.05) is 24.4 Å². The highest BCUT2D eigenvalue weighted by atomic mass is 16.5. The van der Waals surface area contributed by atoms with Crippen molar-refractivity contribution in [2.45, 2.75) is 0 Å². The first kappa shape index (κ1) is 16.6. The molecule has 3 aromatic rings. The monoisotopic (exact) mass is 338 g/mol. The second-order valence-electron chi connectivity index (χ2n) is 5.35. The molecular formula is C19H18N2O4. The van der Waals surface area contributed by atoms with Crippen LogP contribution < -0.4 is 14.4 Å². The molecule has 2 aromatic carbocycles. The number of hydrogen-bond donors (Lipinski definition) is 0. The van der Waals surface area contributed by atoms with Gasteiger partial charge in [-0.2, -0.15) is 0 Å². The van der Waals surface area contributed by atoms with Gasteiger partial charge in [-0.05, 0) is 30.3 Å². The van der Waals surface area contributed by atoms with Gasteiger partial charge < -0.3 is 18.9 Å². The number of carbonyl (C=O) groups excluding carboxylic acids is 1. The summed E-state index contributed by atoms with van der Waals surface area (Å²) in [5.74, 6) is 1.42. The van der Waals surface area contributed by atoms with Gasteiger partial charge in [0.15, 0.2) is 23.0 Å². The number of anilines is 1. The SMILES string of the molecule is COc1ccc(-c2cc(C(=O)N(C)c3ccccc3)no2)cc1OC. The highest BCUT2D eigenvalue weighted by Crippen LogP contribution is 2.32. The van der Waals surface area contributed by atoms with Crippen LogP contribution in [0.3, 0.4) is 0 Å². The van der Waals surface area contributed by atoms with Gasteiger partial charge in [0.2, 0.25) is 0 Å². The third kappa shape index (κ3) is 3.33. The molecule has 0 unspecified atom stereocenters. The van der Waals surface area contributed by atoms with Crippen molar-refractivity contribution >= 4 is 11.6 Å². The van der Waals surface area contributed by atoms with Crippen LogP contribution in [0.4, 0.5) is 5.69 Å². The average molecular weight is 338 g/mol. The van der Waals surface area contributed by atoms with Crippen LogP contribution in [0.15, 0.2) is 59.1 Å². The molecular weight excluding hydrogens is 320 g/mol. The van der Waals surface area contributed by atoms with Gasteiger partial charge in [-0.15, -0.1) is 0 Å². The van der Waals surface area contributed by atoms with E-state index in [1.165, 1.54) is 4.90 Å². The highest BCUT2D eigenvalue weighted by molar-refractivity contribution is 6.04. The molecule has 6 nitrogen and oxygen atoms in total. The number of carbonyl (C=O) groups is 1. The van der Waals surface area contributed by atoms with E-state index >= 15 is 0 Å². The van der Waals surface area contributed by atoms with Gasteiger partial charge in [0.1, 0.15) is 0 Å². The quantitative estimate of drug-likeness (QED) is 0.711. The first-order chi connectivity index (χ1) is 12.1. The lowest BCUT2D eigenvalue weighted by Crippen LogP contribution is -2.26. The summed E-state index contributed by atoms with van der Waals surface area (Å²) in [6.45, 7) is 0. The van der Waals surface area contributed by atoms with Crippen molar-refractivity contribution in [1.29, 1.82) is 0 Å². The summed E-state index contributed by atoms with van der Waals surface area (Å²) in [6, 6.07) is 16.3. The molecule has 0 saturated heterocycles. The molecule has 3 rings (SSSR count). The smallest absolute Gasteiger partial charge is 0.280 e. The molecule has 25 heavy (non-hydrogen) atoms. The van der Waals surface area contributed by atoms with E-state index in [1.54, 1.807) is 39.5 Å². The molecule has 6 heteroatoms. The maximum absolute atomic E-state index is 12.6. The lowest BCUT2D eigenvalue weighted by atomic mass is 10.1. The van der Waals surface area contributed by atoms with Crippen LogP contribution in [0.5, 0.6) is 11.5 Å². The van der Waals surface area contributed by atoms with Crippen molar-refractivity contribution in [2.24, 2.45) is 0 Å². The Morgan fingerprint density at radius 2 is 1.72 bits per heavy atom. The van der Waals surface area contributed by atoms with Crippen LogP contribution in [0, 0.1) is 0 Å². The third-order valence-corrected chi connectivity index (χ3v) is 3.85. The molecule has 0 fully saturated rings. The third-order valence-electron chi connectivity index (χ3n) is 3.85. The summed E-state index contributed by atoms with van der Waals surface area (Å²) < 4.78 is 15.8.